The van der Waals surface area contributed by atoms with Crippen LogP contribution < -0.4 is 21.7 Å². The number of benzene rings is 4. The second-order valence-corrected chi connectivity index (χ2v) is 27.8. The number of hydrogen-bond acceptors (Lipinski definition) is 16. The summed E-state index contributed by atoms with van der Waals surface area (Å²) in [6, 6.07) is 30.4. The van der Waals surface area contributed by atoms with E-state index in [2.05, 4.69) is 61.0 Å². The van der Waals surface area contributed by atoms with Gasteiger partial charge >= 0.3 is 30.1 Å². The number of carbonyl (C=O) groups excluding carboxylic acids is 6. The third-order valence-electron chi connectivity index (χ3n) is 12.6. The van der Waals surface area contributed by atoms with E-state index in [1.54, 1.807) is 10.8 Å². The SMILES string of the molecule is CC(C)(C)SSCC(NC(=O)OCC1c2ccccc2-c2ccccc21)C(=O)NCCCCCC(=O)O.CC(C)(C)SSCC(NC(=O)OCC1c2ccccc2-c2ccccc21)C(=O)ON1C(=O)CCC1=O.NCCCCCC(=O)O. The Hall–Kier alpha value is -6.20. The molecule has 7 N–H and O–H groups in total. The van der Waals surface area contributed by atoms with Crippen LogP contribution in [-0.4, -0.2) is 122 Å². The zero-order chi connectivity index (χ0) is 59.8. The van der Waals surface area contributed by atoms with Gasteiger partial charge in [0.05, 0.1) is 0 Å². The first-order chi connectivity index (χ1) is 39.1. The Morgan fingerprint density at radius 3 is 1.34 bits per heavy atom. The predicted octanol–water partition coefficient (Wildman–Crippen LogP) is 11.1. The van der Waals surface area contributed by atoms with Crippen LogP contribution in [0.25, 0.3) is 22.3 Å². The number of alkyl carbamates (subject to hydrolysis) is 2. The number of hydrogen-bond donors (Lipinski definition) is 6. The standard InChI is InChI=1S/C28H36N2O5S2.C26H28N2O6S2.C6H13NO2/c1-28(2,3)37-36-18-24(26(33)29-16-10-4-5-15-25(31)32)30-27(34)35-17-23-21-13-8-6-11-19(21)20-12-7-9-14-22(20)23;1-26(2,3)36-35-15-21(24(31)34-28-22(29)12-13-23(28)30)27-25(32)33-14-20-18-10-6-4-8-16(18)17-9-5-7-11-19(17)20;7-5-3-1-2-4-6(8)9/h6-9,11-14,23-24H,4-5,10,15-18H2,1-3H3,(H,29,33)(H,30,34)(H,31,32);4-11,20-21H,12-15H2,1-3H3,(H,27,32);1-5,7H2,(H,8,9). The molecule has 3 aliphatic rings. The van der Waals surface area contributed by atoms with E-state index < -0.39 is 54.0 Å². The van der Waals surface area contributed by atoms with Gasteiger partial charge in [0.2, 0.25) is 5.91 Å². The van der Waals surface area contributed by atoms with Crippen LogP contribution >= 0.6 is 43.2 Å². The molecule has 5 amide bonds. The summed E-state index contributed by atoms with van der Waals surface area (Å²) < 4.78 is 11.1. The molecule has 4 aromatic rings. The Morgan fingerprint density at radius 2 is 0.951 bits per heavy atom. The molecule has 1 fully saturated rings. The fraction of sp³-hybridized carbons (Fsp3) is 0.467. The van der Waals surface area contributed by atoms with E-state index in [1.807, 2.05) is 93.6 Å². The Labute approximate surface area is 496 Å². The van der Waals surface area contributed by atoms with E-state index in [-0.39, 0.29) is 71.9 Å². The lowest BCUT2D eigenvalue weighted by Gasteiger charge is -2.22. The van der Waals surface area contributed by atoms with E-state index in [0.29, 0.717) is 43.2 Å². The second kappa shape index (κ2) is 33.2. The van der Waals surface area contributed by atoms with Crippen molar-refractivity contribution in [3.8, 4) is 22.3 Å². The minimum Gasteiger partial charge on any atom is -0.481 e. The van der Waals surface area contributed by atoms with Gasteiger partial charge in [-0.3, -0.25) is 24.0 Å². The zero-order valence-corrected chi connectivity index (χ0v) is 50.7. The number of carboxylic acid groups (broad SMARTS) is 2. The fourth-order valence-electron chi connectivity index (χ4n) is 8.80. The topological polar surface area (TPSA) is 270 Å². The predicted molar refractivity (Wildman–Crippen MR) is 325 cm³/mol. The van der Waals surface area contributed by atoms with Crippen molar-refractivity contribution in [1.82, 2.24) is 21.0 Å². The van der Waals surface area contributed by atoms with E-state index in [4.69, 9.17) is 30.3 Å². The monoisotopic (exact) mass is 1200 g/mol. The molecule has 0 spiro atoms. The van der Waals surface area contributed by atoms with E-state index in [0.717, 1.165) is 63.8 Å². The fourth-order valence-corrected chi connectivity index (χ4v) is 13.7. The van der Waals surface area contributed by atoms with Crippen LogP contribution in [0.3, 0.4) is 0 Å². The van der Waals surface area contributed by atoms with Crippen molar-refractivity contribution in [2.24, 2.45) is 5.73 Å². The van der Waals surface area contributed by atoms with Crippen molar-refractivity contribution in [3.05, 3.63) is 119 Å². The molecule has 2 unspecified atom stereocenters. The lowest BCUT2D eigenvalue weighted by atomic mass is 9.98. The normalized spacial score (nSPS) is 14.1. The summed E-state index contributed by atoms with van der Waals surface area (Å²) >= 11 is 0. The van der Waals surface area contributed by atoms with Crippen LogP contribution in [0, 0.1) is 0 Å². The Balaban J connectivity index is 0.000000261. The first-order valence-corrected chi connectivity index (χ1v) is 32.0. The van der Waals surface area contributed by atoms with Gasteiger partial charge in [0.1, 0.15) is 25.3 Å². The van der Waals surface area contributed by atoms with Crippen molar-refractivity contribution < 1.29 is 62.9 Å². The maximum atomic E-state index is 12.9. The molecule has 444 valence electrons. The van der Waals surface area contributed by atoms with Gasteiger partial charge in [0.15, 0.2) is 0 Å². The molecule has 82 heavy (non-hydrogen) atoms. The van der Waals surface area contributed by atoms with Crippen molar-refractivity contribution in [3.63, 3.8) is 0 Å². The number of ether oxygens (including phenoxy) is 2. The maximum Gasteiger partial charge on any atom is 0.407 e. The Bertz CT molecular complexity index is 2720. The van der Waals surface area contributed by atoms with Gasteiger partial charge in [0, 0.05) is 65.1 Å². The quantitative estimate of drug-likeness (QED) is 0.0194. The smallest absolute Gasteiger partial charge is 0.407 e. The average Bonchev–Trinajstić information content (AvgIpc) is 2.89. The lowest BCUT2D eigenvalue weighted by molar-refractivity contribution is -0.198. The summed E-state index contributed by atoms with van der Waals surface area (Å²) in [5.74, 6) is -3.46. The number of rotatable bonds is 26. The molecule has 0 saturated carbocycles. The van der Waals surface area contributed by atoms with Crippen LogP contribution in [0.4, 0.5) is 9.59 Å². The highest BCUT2D eigenvalue weighted by Gasteiger charge is 2.37. The molecule has 0 radical (unpaired) electrons. The van der Waals surface area contributed by atoms with Crippen molar-refractivity contribution in [2.45, 2.75) is 139 Å². The van der Waals surface area contributed by atoms with E-state index >= 15 is 0 Å². The van der Waals surface area contributed by atoms with Gasteiger partial charge in [-0.05, 0) is 76.7 Å². The molecule has 0 aromatic heterocycles. The third kappa shape index (κ3) is 21.8. The van der Waals surface area contributed by atoms with Crippen molar-refractivity contribution in [1.29, 1.82) is 0 Å². The number of unbranched alkanes of at least 4 members (excludes halogenated alkanes) is 4. The summed E-state index contributed by atoms with van der Waals surface area (Å²) in [4.78, 5) is 101. The largest absolute Gasteiger partial charge is 0.481 e. The number of nitrogens with one attached hydrogen (secondary N) is 3. The highest BCUT2D eigenvalue weighted by molar-refractivity contribution is 8.77. The zero-order valence-electron chi connectivity index (χ0n) is 47.4. The van der Waals surface area contributed by atoms with Gasteiger partial charge in [-0.15, -0.1) is 5.06 Å². The molecular formula is C60H77N5O13S4. The molecule has 4 aromatic carbocycles. The highest BCUT2D eigenvalue weighted by atomic mass is 33.1. The van der Waals surface area contributed by atoms with Crippen LogP contribution in [-0.2, 0) is 43.1 Å². The van der Waals surface area contributed by atoms with Crippen LogP contribution in [0.1, 0.15) is 140 Å². The number of fused-ring (bicyclic) bond motifs is 6. The van der Waals surface area contributed by atoms with E-state index in [9.17, 15) is 38.4 Å². The summed E-state index contributed by atoms with van der Waals surface area (Å²) in [5, 5.41) is 25.6. The summed E-state index contributed by atoms with van der Waals surface area (Å²) in [6.45, 7) is 13.7. The van der Waals surface area contributed by atoms with Gasteiger partial charge in [-0.2, -0.15) is 0 Å². The van der Waals surface area contributed by atoms with Crippen LogP contribution in [0.15, 0.2) is 97.1 Å². The minimum absolute atomic E-state index is 0.00872. The molecule has 22 heteroatoms. The summed E-state index contributed by atoms with van der Waals surface area (Å²) in [5.41, 5.74) is 14.1. The van der Waals surface area contributed by atoms with E-state index in [1.165, 1.54) is 32.4 Å². The maximum absolute atomic E-state index is 12.9. The minimum atomic E-state index is -1.11. The summed E-state index contributed by atoms with van der Waals surface area (Å²) in [7, 11) is 6.10. The number of imide groups is 1. The van der Waals surface area contributed by atoms with Gasteiger partial charge in [-0.25, -0.2) is 14.4 Å². The van der Waals surface area contributed by atoms with Gasteiger partial charge < -0.3 is 46.2 Å². The Kier molecular flexibility index (Phi) is 27.0. The molecule has 0 bridgehead atoms. The number of aliphatic carboxylic acids is 2. The number of carbonyl (C=O) groups is 8. The first-order valence-electron chi connectivity index (χ1n) is 27.4. The van der Waals surface area contributed by atoms with Crippen LogP contribution in [0.2, 0.25) is 0 Å². The number of carboxylic acids is 2. The second-order valence-electron chi connectivity index (χ2n) is 21.5. The summed E-state index contributed by atoms with van der Waals surface area (Å²) in [6.07, 6.45) is 3.58. The number of hydroxylamine groups is 2. The molecule has 1 aliphatic heterocycles. The van der Waals surface area contributed by atoms with Crippen molar-refractivity contribution >= 4 is 91.0 Å². The highest BCUT2D eigenvalue weighted by Crippen LogP contribution is 2.46. The molecule has 1 saturated heterocycles. The molecule has 7 rings (SSSR count). The number of nitrogens with two attached hydrogens (primary N) is 1. The number of amides is 5. The average molecular weight is 1200 g/mol. The molecule has 1 heterocycles. The molecule has 18 nitrogen and oxygen atoms in total. The number of nitrogens with zero attached hydrogens (tertiary/aromatic N) is 1. The van der Waals surface area contributed by atoms with Gasteiger partial charge in [0.25, 0.3) is 11.8 Å². The molecule has 2 atom stereocenters. The third-order valence-corrected chi connectivity index (χ3v) is 19.3. The first kappa shape index (κ1) is 66.6. The van der Waals surface area contributed by atoms with Crippen LogP contribution in [0.5, 0.6) is 0 Å². The lowest BCUT2D eigenvalue weighted by Crippen LogP contribution is -2.48. The van der Waals surface area contributed by atoms with Crippen molar-refractivity contribution in [2.75, 3.05) is 37.8 Å². The molecular weight excluding hydrogens is 1130 g/mol. The van der Waals surface area contributed by atoms with Gasteiger partial charge in [-0.1, -0.05) is 195 Å². The molecule has 2 aliphatic carbocycles. The Morgan fingerprint density at radius 1 is 0.573 bits per heavy atom.